The summed E-state index contributed by atoms with van der Waals surface area (Å²) in [5, 5.41) is 3.61. The van der Waals surface area contributed by atoms with Gasteiger partial charge in [0.1, 0.15) is 5.82 Å². The first kappa shape index (κ1) is 15.9. The number of pyridine rings is 1. The second-order valence-corrected chi connectivity index (χ2v) is 6.21. The zero-order valence-corrected chi connectivity index (χ0v) is 14.0. The SMILES string of the molecule is COC1CCCC(Nc2nc(-c3cccnc3)nc(C)c2C)C1. The van der Waals surface area contributed by atoms with Crippen LogP contribution in [0.2, 0.25) is 0 Å². The number of aryl methyl sites for hydroxylation is 1. The largest absolute Gasteiger partial charge is 0.381 e. The molecule has 0 spiro atoms. The molecular formula is C18H24N4O. The maximum atomic E-state index is 5.53. The third-order valence-electron chi connectivity index (χ3n) is 4.61. The van der Waals surface area contributed by atoms with Crippen LogP contribution in [0.5, 0.6) is 0 Å². The van der Waals surface area contributed by atoms with Gasteiger partial charge in [-0.25, -0.2) is 9.97 Å². The highest BCUT2D eigenvalue weighted by Gasteiger charge is 2.23. The number of nitrogens with zero attached hydrogens (tertiary/aromatic N) is 3. The summed E-state index contributed by atoms with van der Waals surface area (Å²) in [7, 11) is 1.80. The van der Waals surface area contributed by atoms with Crippen LogP contribution in [0.15, 0.2) is 24.5 Å². The van der Waals surface area contributed by atoms with E-state index in [1.54, 1.807) is 19.5 Å². The number of nitrogens with one attached hydrogen (secondary N) is 1. The predicted molar refractivity (Wildman–Crippen MR) is 91.4 cm³/mol. The van der Waals surface area contributed by atoms with Gasteiger partial charge >= 0.3 is 0 Å². The van der Waals surface area contributed by atoms with Gasteiger partial charge in [-0.3, -0.25) is 4.98 Å². The van der Waals surface area contributed by atoms with E-state index in [0.29, 0.717) is 12.1 Å². The number of hydrogen-bond donors (Lipinski definition) is 1. The highest BCUT2D eigenvalue weighted by atomic mass is 16.5. The first-order valence-electron chi connectivity index (χ1n) is 8.22. The molecule has 0 saturated heterocycles. The molecule has 1 N–H and O–H groups in total. The molecule has 5 nitrogen and oxygen atoms in total. The molecule has 0 aliphatic heterocycles. The molecule has 2 heterocycles. The molecule has 122 valence electrons. The van der Waals surface area contributed by atoms with Crippen LogP contribution in [-0.2, 0) is 4.74 Å². The molecule has 1 aliphatic carbocycles. The van der Waals surface area contributed by atoms with Gasteiger partial charge in [0.05, 0.1) is 6.10 Å². The van der Waals surface area contributed by atoms with Crippen molar-refractivity contribution in [3.63, 3.8) is 0 Å². The Labute approximate surface area is 137 Å². The van der Waals surface area contributed by atoms with Gasteiger partial charge in [-0.15, -0.1) is 0 Å². The quantitative estimate of drug-likeness (QED) is 0.936. The first-order chi connectivity index (χ1) is 11.2. The summed E-state index contributed by atoms with van der Waals surface area (Å²) in [6.45, 7) is 4.10. The molecule has 0 radical (unpaired) electrons. The van der Waals surface area contributed by atoms with E-state index >= 15 is 0 Å². The second-order valence-electron chi connectivity index (χ2n) is 6.21. The van der Waals surface area contributed by atoms with Crippen LogP contribution < -0.4 is 5.32 Å². The Morgan fingerprint density at radius 1 is 1.22 bits per heavy atom. The van der Waals surface area contributed by atoms with E-state index in [9.17, 15) is 0 Å². The summed E-state index contributed by atoms with van der Waals surface area (Å²) >= 11 is 0. The first-order valence-corrected chi connectivity index (χ1v) is 8.22. The lowest BCUT2D eigenvalue weighted by atomic mass is 9.92. The van der Waals surface area contributed by atoms with Crippen LogP contribution >= 0.6 is 0 Å². The summed E-state index contributed by atoms with van der Waals surface area (Å²) in [6, 6.07) is 4.30. The molecule has 2 atom stereocenters. The van der Waals surface area contributed by atoms with Crippen LogP contribution in [-0.4, -0.2) is 34.2 Å². The fraction of sp³-hybridized carbons (Fsp3) is 0.500. The maximum absolute atomic E-state index is 5.53. The molecule has 23 heavy (non-hydrogen) atoms. The fourth-order valence-electron chi connectivity index (χ4n) is 3.08. The minimum Gasteiger partial charge on any atom is -0.381 e. The molecule has 1 aliphatic rings. The number of rotatable bonds is 4. The predicted octanol–water partition coefficient (Wildman–Crippen LogP) is 3.52. The van der Waals surface area contributed by atoms with E-state index < -0.39 is 0 Å². The van der Waals surface area contributed by atoms with Crippen LogP contribution in [0.1, 0.15) is 36.9 Å². The smallest absolute Gasteiger partial charge is 0.163 e. The van der Waals surface area contributed by atoms with E-state index in [1.165, 1.54) is 6.42 Å². The van der Waals surface area contributed by atoms with Crippen molar-refractivity contribution in [1.82, 2.24) is 15.0 Å². The molecule has 0 bridgehead atoms. The van der Waals surface area contributed by atoms with Crippen molar-refractivity contribution in [1.29, 1.82) is 0 Å². The van der Waals surface area contributed by atoms with Gasteiger partial charge in [0.15, 0.2) is 5.82 Å². The number of aromatic nitrogens is 3. The summed E-state index contributed by atoms with van der Waals surface area (Å²) < 4.78 is 5.53. The Morgan fingerprint density at radius 3 is 2.83 bits per heavy atom. The van der Waals surface area contributed by atoms with E-state index in [4.69, 9.17) is 9.72 Å². The van der Waals surface area contributed by atoms with E-state index in [2.05, 4.69) is 22.2 Å². The topological polar surface area (TPSA) is 59.9 Å². The Hall–Kier alpha value is -2.01. The number of ether oxygens (including phenoxy) is 1. The molecular weight excluding hydrogens is 288 g/mol. The average molecular weight is 312 g/mol. The third-order valence-corrected chi connectivity index (χ3v) is 4.61. The van der Waals surface area contributed by atoms with Gasteiger partial charge in [-0.05, 0) is 51.7 Å². The fourth-order valence-corrected chi connectivity index (χ4v) is 3.08. The number of hydrogen-bond acceptors (Lipinski definition) is 5. The van der Waals surface area contributed by atoms with Crippen LogP contribution in [0.25, 0.3) is 11.4 Å². The lowest BCUT2D eigenvalue weighted by Crippen LogP contribution is -2.31. The molecule has 5 heteroatoms. The Balaban J connectivity index is 1.85. The van der Waals surface area contributed by atoms with Gasteiger partial charge in [0.25, 0.3) is 0 Å². The molecule has 0 amide bonds. The minimum atomic E-state index is 0.349. The second kappa shape index (κ2) is 7.04. The zero-order valence-electron chi connectivity index (χ0n) is 14.0. The van der Waals surface area contributed by atoms with Crippen molar-refractivity contribution in [2.45, 2.75) is 51.7 Å². The van der Waals surface area contributed by atoms with Crippen LogP contribution in [0, 0.1) is 13.8 Å². The standard InChI is InChI=1S/C18H24N4O/c1-12-13(2)20-18(14-6-5-9-19-11-14)22-17(12)21-15-7-4-8-16(10-15)23-3/h5-6,9,11,15-16H,4,7-8,10H2,1-3H3,(H,20,21,22). The summed E-state index contributed by atoms with van der Waals surface area (Å²) in [6.07, 6.45) is 8.44. The molecule has 2 aromatic rings. The lowest BCUT2D eigenvalue weighted by Gasteiger charge is -2.29. The van der Waals surface area contributed by atoms with Gasteiger partial charge < -0.3 is 10.1 Å². The Kier molecular flexibility index (Phi) is 4.86. The molecule has 3 rings (SSSR count). The molecule has 0 aromatic carbocycles. The summed E-state index contributed by atoms with van der Waals surface area (Å²) in [5.41, 5.74) is 3.05. The Morgan fingerprint density at radius 2 is 2.09 bits per heavy atom. The normalized spacial score (nSPS) is 21.2. The molecule has 2 unspecified atom stereocenters. The highest BCUT2D eigenvalue weighted by Crippen LogP contribution is 2.26. The molecule has 1 saturated carbocycles. The van der Waals surface area contributed by atoms with E-state index in [-0.39, 0.29) is 0 Å². The average Bonchev–Trinajstić information content (AvgIpc) is 2.59. The lowest BCUT2D eigenvalue weighted by molar-refractivity contribution is 0.0669. The number of anilines is 1. The monoisotopic (exact) mass is 312 g/mol. The Bertz CT molecular complexity index is 660. The van der Waals surface area contributed by atoms with Crippen molar-refractivity contribution in [3.05, 3.63) is 35.8 Å². The molecule has 1 fully saturated rings. The number of methoxy groups -OCH3 is 1. The van der Waals surface area contributed by atoms with Gasteiger partial charge in [-0.1, -0.05) is 0 Å². The van der Waals surface area contributed by atoms with Gasteiger partial charge in [0.2, 0.25) is 0 Å². The van der Waals surface area contributed by atoms with Crippen molar-refractivity contribution >= 4 is 5.82 Å². The minimum absolute atomic E-state index is 0.349. The third kappa shape index (κ3) is 3.67. The van der Waals surface area contributed by atoms with Crippen LogP contribution in [0.3, 0.4) is 0 Å². The summed E-state index contributed by atoms with van der Waals surface area (Å²) in [5.74, 6) is 1.65. The van der Waals surface area contributed by atoms with Crippen molar-refractivity contribution in [3.8, 4) is 11.4 Å². The van der Waals surface area contributed by atoms with E-state index in [0.717, 1.165) is 47.7 Å². The van der Waals surface area contributed by atoms with Crippen molar-refractivity contribution in [2.75, 3.05) is 12.4 Å². The van der Waals surface area contributed by atoms with Crippen molar-refractivity contribution in [2.24, 2.45) is 0 Å². The van der Waals surface area contributed by atoms with Gasteiger partial charge in [-0.2, -0.15) is 0 Å². The van der Waals surface area contributed by atoms with Crippen molar-refractivity contribution < 1.29 is 4.74 Å². The van der Waals surface area contributed by atoms with E-state index in [1.807, 2.05) is 19.1 Å². The van der Waals surface area contributed by atoms with Crippen LogP contribution in [0.4, 0.5) is 5.82 Å². The van der Waals surface area contributed by atoms with Gasteiger partial charge in [0, 0.05) is 42.4 Å². The molecule has 2 aromatic heterocycles. The highest BCUT2D eigenvalue weighted by molar-refractivity contribution is 5.58. The maximum Gasteiger partial charge on any atom is 0.163 e. The summed E-state index contributed by atoms with van der Waals surface area (Å²) in [4.78, 5) is 13.5. The zero-order chi connectivity index (χ0) is 16.2.